The third-order valence-corrected chi connectivity index (χ3v) is 4.46. The highest BCUT2D eigenvalue weighted by Crippen LogP contribution is 2.17. The van der Waals surface area contributed by atoms with E-state index in [9.17, 15) is 16.8 Å². The van der Waals surface area contributed by atoms with Gasteiger partial charge in [-0.25, -0.2) is 31.7 Å². The van der Waals surface area contributed by atoms with E-state index < -0.39 is 25.8 Å². The van der Waals surface area contributed by atoms with Crippen LogP contribution < -0.4 is 15.2 Å². The number of sulfonamides is 2. The van der Waals surface area contributed by atoms with Crippen LogP contribution in [0.5, 0.6) is 0 Å². The van der Waals surface area contributed by atoms with E-state index in [4.69, 9.17) is 5.14 Å². The van der Waals surface area contributed by atoms with Crippen molar-refractivity contribution in [3.63, 3.8) is 0 Å². The molecule has 10 heteroatoms. The van der Waals surface area contributed by atoms with E-state index in [-0.39, 0.29) is 11.6 Å². The first kappa shape index (κ1) is 16.8. The molecule has 1 aromatic heterocycles. The zero-order valence-electron chi connectivity index (χ0n) is 11.0. The van der Waals surface area contributed by atoms with E-state index in [0.717, 1.165) is 6.42 Å². The molecule has 0 bridgehead atoms. The van der Waals surface area contributed by atoms with Crippen molar-refractivity contribution in [1.29, 1.82) is 0 Å². The van der Waals surface area contributed by atoms with Crippen molar-refractivity contribution in [3.05, 3.63) is 18.3 Å². The molecule has 0 saturated carbocycles. The van der Waals surface area contributed by atoms with Gasteiger partial charge in [-0.15, -0.1) is 0 Å². The smallest absolute Gasteiger partial charge is 0.260 e. The van der Waals surface area contributed by atoms with Gasteiger partial charge in [0.2, 0.25) is 10.0 Å². The van der Waals surface area contributed by atoms with Gasteiger partial charge < -0.3 is 5.32 Å². The number of nitrogens with two attached hydrogens (primary N) is 1. The first-order valence-electron chi connectivity index (χ1n) is 5.95. The number of nitrogens with one attached hydrogen (secondary N) is 2. The summed E-state index contributed by atoms with van der Waals surface area (Å²) in [4.78, 5) is 3.82. The van der Waals surface area contributed by atoms with E-state index >= 15 is 0 Å². The Morgan fingerprint density at radius 3 is 2.55 bits per heavy atom. The summed E-state index contributed by atoms with van der Waals surface area (Å²) in [5.41, 5.74) is 0.373. The highest BCUT2D eigenvalue weighted by Gasteiger charge is 2.20. The van der Waals surface area contributed by atoms with Crippen molar-refractivity contribution >= 4 is 25.7 Å². The number of hydrogen-bond acceptors (Lipinski definition) is 6. The number of rotatable bonds is 8. The molecule has 4 N–H and O–H groups in total. The van der Waals surface area contributed by atoms with Crippen LogP contribution in [0.3, 0.4) is 0 Å². The van der Waals surface area contributed by atoms with Crippen molar-refractivity contribution in [2.45, 2.75) is 18.4 Å². The largest absolute Gasteiger partial charge is 0.383 e. The highest BCUT2D eigenvalue weighted by atomic mass is 32.2. The first-order valence-corrected chi connectivity index (χ1v) is 9.15. The van der Waals surface area contributed by atoms with E-state index in [1.165, 1.54) is 6.20 Å². The molecule has 0 aromatic carbocycles. The topological polar surface area (TPSA) is 131 Å². The molecule has 0 unspecified atom stereocenters. The zero-order chi connectivity index (χ0) is 15.2. The lowest BCUT2D eigenvalue weighted by molar-refractivity contribution is 0.578. The quantitative estimate of drug-likeness (QED) is 0.589. The molecule has 0 radical (unpaired) electrons. The van der Waals surface area contributed by atoms with Gasteiger partial charge in [0, 0.05) is 19.3 Å². The molecule has 1 rings (SSSR count). The van der Waals surface area contributed by atoms with Crippen LogP contribution in [0.15, 0.2) is 23.4 Å². The molecule has 1 heterocycles. The lowest BCUT2D eigenvalue weighted by Gasteiger charge is -2.11. The lowest BCUT2D eigenvalue weighted by atomic mass is 10.4. The monoisotopic (exact) mass is 322 g/mol. The van der Waals surface area contributed by atoms with Crippen LogP contribution in [-0.4, -0.2) is 40.7 Å². The second-order valence-electron chi connectivity index (χ2n) is 4.05. The van der Waals surface area contributed by atoms with Crippen LogP contribution in [0.25, 0.3) is 0 Å². The van der Waals surface area contributed by atoms with Crippen molar-refractivity contribution in [1.82, 2.24) is 9.71 Å². The number of hydrogen-bond donors (Lipinski definition) is 3. The molecule has 1 aromatic rings. The molecule has 0 saturated heterocycles. The predicted octanol–water partition coefficient (Wildman–Crippen LogP) is -0.530. The number of nitrogens with zero attached hydrogens (tertiary/aromatic N) is 1. The minimum atomic E-state index is -3.89. The molecule has 0 aliphatic carbocycles. The molecular weight excluding hydrogens is 304 g/mol. The zero-order valence-corrected chi connectivity index (χ0v) is 12.7. The minimum absolute atomic E-state index is 0.164. The molecule has 0 spiro atoms. The van der Waals surface area contributed by atoms with Crippen LogP contribution in [0.4, 0.5) is 5.69 Å². The molecule has 0 atom stereocenters. The summed E-state index contributed by atoms with van der Waals surface area (Å²) in [6.45, 7) is 2.25. The molecule has 8 nitrogen and oxygen atoms in total. The Labute approximate surface area is 118 Å². The van der Waals surface area contributed by atoms with Gasteiger partial charge >= 0.3 is 0 Å². The van der Waals surface area contributed by atoms with Gasteiger partial charge in [-0.05, 0) is 18.6 Å². The Kier molecular flexibility index (Phi) is 5.87. The number of anilines is 1. The third-order valence-electron chi connectivity index (χ3n) is 2.27. The fourth-order valence-electron chi connectivity index (χ4n) is 1.39. The van der Waals surface area contributed by atoms with Crippen molar-refractivity contribution < 1.29 is 16.8 Å². The molecule has 0 aliphatic heterocycles. The Hall–Kier alpha value is -1.23. The SMILES string of the molecule is CCCNc1cccnc1S(=O)(=O)NCCS(N)(=O)=O. The van der Waals surface area contributed by atoms with Crippen molar-refractivity contribution in [2.75, 3.05) is 24.2 Å². The van der Waals surface area contributed by atoms with E-state index in [2.05, 4.69) is 15.0 Å². The molecular formula is C10H18N4O4S2. The standard InChI is InChI=1S/C10H18N4O4S2/c1-2-5-12-9-4-3-6-13-10(9)20(17,18)14-7-8-19(11,15)16/h3-4,6,12,14H,2,5,7-8H2,1H3,(H2,11,15,16). The van der Waals surface area contributed by atoms with Crippen LogP contribution in [0, 0.1) is 0 Å². The van der Waals surface area contributed by atoms with Gasteiger partial charge in [0.15, 0.2) is 5.03 Å². The van der Waals surface area contributed by atoms with E-state index in [1.807, 2.05) is 6.92 Å². The third kappa shape index (κ3) is 5.41. The summed E-state index contributed by atoms with van der Waals surface area (Å²) in [6.07, 6.45) is 2.18. The second-order valence-corrected chi connectivity index (χ2v) is 7.46. The molecule has 114 valence electrons. The van der Waals surface area contributed by atoms with Gasteiger partial charge in [0.05, 0.1) is 11.4 Å². The van der Waals surface area contributed by atoms with Crippen LogP contribution in [0.1, 0.15) is 13.3 Å². The fourth-order valence-corrected chi connectivity index (χ4v) is 3.04. The maximum Gasteiger partial charge on any atom is 0.260 e. The normalized spacial score (nSPS) is 12.3. The van der Waals surface area contributed by atoms with Crippen molar-refractivity contribution in [3.8, 4) is 0 Å². The molecule has 0 aliphatic rings. The average Bonchev–Trinajstić information content (AvgIpc) is 2.34. The average molecular weight is 322 g/mol. The van der Waals surface area contributed by atoms with Gasteiger partial charge in [0.1, 0.15) is 0 Å². The summed E-state index contributed by atoms with van der Waals surface area (Å²) in [5.74, 6) is -0.475. The Balaban J connectivity index is 2.86. The summed E-state index contributed by atoms with van der Waals surface area (Å²) in [5, 5.41) is 7.60. The van der Waals surface area contributed by atoms with Crippen LogP contribution in [0.2, 0.25) is 0 Å². The Morgan fingerprint density at radius 2 is 1.95 bits per heavy atom. The Morgan fingerprint density at radius 1 is 1.25 bits per heavy atom. The maximum atomic E-state index is 12.1. The number of primary sulfonamides is 1. The van der Waals surface area contributed by atoms with Crippen LogP contribution in [-0.2, 0) is 20.0 Å². The van der Waals surface area contributed by atoms with E-state index in [1.54, 1.807) is 12.1 Å². The van der Waals surface area contributed by atoms with Crippen LogP contribution >= 0.6 is 0 Å². The second kappa shape index (κ2) is 6.97. The van der Waals surface area contributed by atoms with Crippen molar-refractivity contribution in [2.24, 2.45) is 5.14 Å². The molecule has 20 heavy (non-hydrogen) atoms. The Bertz CT molecular complexity index is 643. The molecule has 0 fully saturated rings. The van der Waals surface area contributed by atoms with Gasteiger partial charge in [-0.2, -0.15) is 0 Å². The maximum absolute atomic E-state index is 12.1. The first-order chi connectivity index (χ1) is 9.26. The highest BCUT2D eigenvalue weighted by molar-refractivity contribution is 7.90. The summed E-state index contributed by atoms with van der Waals surface area (Å²) >= 11 is 0. The number of aromatic nitrogens is 1. The lowest BCUT2D eigenvalue weighted by Crippen LogP contribution is -2.32. The van der Waals surface area contributed by atoms with Gasteiger partial charge in [-0.1, -0.05) is 6.92 Å². The summed E-state index contributed by atoms with van der Waals surface area (Å²) in [6, 6.07) is 3.21. The summed E-state index contributed by atoms with van der Waals surface area (Å²) in [7, 11) is -7.60. The van der Waals surface area contributed by atoms with Gasteiger partial charge in [0.25, 0.3) is 10.0 Å². The fraction of sp³-hybridized carbons (Fsp3) is 0.500. The number of pyridine rings is 1. The predicted molar refractivity (Wildman–Crippen MR) is 76.2 cm³/mol. The molecule has 0 amide bonds. The minimum Gasteiger partial charge on any atom is -0.383 e. The van der Waals surface area contributed by atoms with Gasteiger partial charge in [-0.3, -0.25) is 0 Å². The van der Waals surface area contributed by atoms with E-state index in [0.29, 0.717) is 12.2 Å². The summed E-state index contributed by atoms with van der Waals surface area (Å²) < 4.78 is 47.8.